The molecule has 1 unspecified atom stereocenters. The lowest BCUT2D eigenvalue weighted by molar-refractivity contribution is -0.143. The number of anilines is 1. The summed E-state index contributed by atoms with van der Waals surface area (Å²) in [6.45, 7) is 3.28. The van der Waals surface area contributed by atoms with Crippen LogP contribution in [0.4, 0.5) is 5.82 Å². The normalized spacial score (nSPS) is 19.1. The fourth-order valence-corrected chi connectivity index (χ4v) is 5.66. The number of nitrogens with zero attached hydrogens (tertiary/aromatic N) is 4. The van der Waals surface area contributed by atoms with E-state index in [0.717, 1.165) is 37.4 Å². The fourth-order valence-electron chi connectivity index (χ4n) is 4.37. The Morgan fingerprint density at radius 1 is 1.27 bits per heavy atom. The molecule has 2 amide bonds. The van der Waals surface area contributed by atoms with E-state index in [1.807, 2.05) is 0 Å². The van der Waals surface area contributed by atoms with Gasteiger partial charge in [0.2, 0.25) is 5.91 Å². The summed E-state index contributed by atoms with van der Waals surface area (Å²) in [6, 6.07) is 4.23. The van der Waals surface area contributed by atoms with Crippen LogP contribution in [0.2, 0.25) is 0 Å². The molecule has 0 aliphatic carbocycles. The van der Waals surface area contributed by atoms with Gasteiger partial charge in [-0.15, -0.1) is 0 Å². The number of fused-ring (bicyclic) bond motifs is 1. The molecule has 10 nitrogen and oxygen atoms in total. The molecule has 12 heteroatoms. The first-order valence-corrected chi connectivity index (χ1v) is 13.5. The zero-order valence-electron chi connectivity index (χ0n) is 20.8. The molecule has 2 aliphatic heterocycles. The van der Waals surface area contributed by atoms with Crippen LogP contribution in [0.1, 0.15) is 44.6 Å². The number of thiocarbonyl (C=S) groups is 1. The molecule has 0 bridgehead atoms. The summed E-state index contributed by atoms with van der Waals surface area (Å²) >= 11 is 6.61. The summed E-state index contributed by atoms with van der Waals surface area (Å²) < 4.78 is 6.63. The van der Waals surface area contributed by atoms with E-state index in [2.05, 4.69) is 12.2 Å². The maximum Gasteiger partial charge on any atom is 0.308 e. The Labute approximate surface area is 224 Å². The number of aromatic nitrogens is 2. The number of rotatable bonds is 9. The standard InChI is InChI=1S/C25H29N5O5S2/c1-3-4-5-7-12-30-24(34)18(37-25(30)36)14-16-21(27-19-9-6-8-11-29(19)23(16)33)28-13-10-26-22(32)17(28)15-20(31)35-2/h6,8-9,11,14,17H,3-5,7,10,12-13,15H2,1-2H3,(H,26,32). The van der Waals surface area contributed by atoms with Gasteiger partial charge in [-0.3, -0.25) is 28.5 Å². The van der Waals surface area contributed by atoms with Crippen molar-refractivity contribution in [3.05, 3.63) is 45.2 Å². The monoisotopic (exact) mass is 543 g/mol. The lowest BCUT2D eigenvalue weighted by Crippen LogP contribution is -2.57. The van der Waals surface area contributed by atoms with E-state index in [9.17, 15) is 19.2 Å². The number of nitrogens with one attached hydrogen (secondary N) is 1. The van der Waals surface area contributed by atoms with Gasteiger partial charge in [0.25, 0.3) is 11.5 Å². The van der Waals surface area contributed by atoms with E-state index in [-0.39, 0.29) is 29.6 Å². The molecule has 0 saturated carbocycles. The number of carbonyl (C=O) groups excluding carboxylic acids is 3. The molecule has 4 heterocycles. The molecule has 4 rings (SSSR count). The summed E-state index contributed by atoms with van der Waals surface area (Å²) in [4.78, 5) is 60.0. The Morgan fingerprint density at radius 2 is 2.08 bits per heavy atom. The molecule has 2 aliphatic rings. The van der Waals surface area contributed by atoms with Gasteiger partial charge in [-0.25, -0.2) is 4.98 Å². The van der Waals surface area contributed by atoms with Gasteiger partial charge < -0.3 is 15.0 Å². The Kier molecular flexibility index (Phi) is 8.59. The minimum Gasteiger partial charge on any atom is -0.469 e. The highest BCUT2D eigenvalue weighted by atomic mass is 32.2. The number of thioether (sulfide) groups is 1. The second-order valence-electron chi connectivity index (χ2n) is 8.76. The van der Waals surface area contributed by atoms with Crippen LogP contribution in [0.25, 0.3) is 11.7 Å². The molecule has 2 fully saturated rings. The van der Waals surface area contributed by atoms with E-state index < -0.39 is 17.6 Å². The van der Waals surface area contributed by atoms with Crippen LogP contribution >= 0.6 is 24.0 Å². The molecule has 0 aromatic carbocycles. The van der Waals surface area contributed by atoms with Crippen LogP contribution in [0.15, 0.2) is 34.1 Å². The lowest BCUT2D eigenvalue weighted by atomic mass is 10.1. The van der Waals surface area contributed by atoms with E-state index in [0.29, 0.717) is 34.5 Å². The van der Waals surface area contributed by atoms with Gasteiger partial charge in [-0.2, -0.15) is 0 Å². The number of hydrogen-bond donors (Lipinski definition) is 1. The molecule has 1 atom stereocenters. The summed E-state index contributed by atoms with van der Waals surface area (Å²) in [5.74, 6) is -0.947. The highest BCUT2D eigenvalue weighted by Gasteiger charge is 2.36. The zero-order chi connectivity index (χ0) is 26.5. The quantitative estimate of drug-likeness (QED) is 0.220. The van der Waals surface area contributed by atoms with Crippen molar-refractivity contribution in [1.29, 1.82) is 0 Å². The number of piperazine rings is 1. The molecule has 0 radical (unpaired) electrons. The largest absolute Gasteiger partial charge is 0.469 e. The van der Waals surface area contributed by atoms with Gasteiger partial charge in [0.05, 0.1) is 24.0 Å². The molecule has 0 spiro atoms. The number of methoxy groups -OCH3 is 1. The van der Waals surface area contributed by atoms with Crippen molar-refractivity contribution in [2.75, 3.05) is 31.6 Å². The third-order valence-corrected chi connectivity index (χ3v) is 7.70. The van der Waals surface area contributed by atoms with Crippen LogP contribution in [0.5, 0.6) is 0 Å². The van der Waals surface area contributed by atoms with Gasteiger partial charge in [0.1, 0.15) is 21.8 Å². The molecule has 37 heavy (non-hydrogen) atoms. The third kappa shape index (κ3) is 5.69. The highest BCUT2D eigenvalue weighted by molar-refractivity contribution is 8.26. The van der Waals surface area contributed by atoms with Crippen molar-refractivity contribution < 1.29 is 19.1 Å². The van der Waals surface area contributed by atoms with Gasteiger partial charge in [-0.05, 0) is 24.6 Å². The Morgan fingerprint density at radius 3 is 2.84 bits per heavy atom. The maximum absolute atomic E-state index is 13.7. The Bertz CT molecular complexity index is 1320. The Balaban J connectivity index is 1.78. The number of pyridine rings is 1. The van der Waals surface area contributed by atoms with Crippen molar-refractivity contribution in [1.82, 2.24) is 19.6 Å². The molecule has 2 saturated heterocycles. The van der Waals surface area contributed by atoms with Crippen LogP contribution in [-0.4, -0.2) is 69.2 Å². The fraction of sp³-hybridized carbons (Fsp3) is 0.440. The first-order valence-electron chi connectivity index (χ1n) is 12.2. The first kappa shape index (κ1) is 26.8. The highest BCUT2D eigenvalue weighted by Crippen LogP contribution is 2.34. The molecule has 1 N–H and O–H groups in total. The predicted molar refractivity (Wildman–Crippen MR) is 146 cm³/mol. The molecule has 2 aromatic rings. The van der Waals surface area contributed by atoms with Crippen LogP contribution in [0.3, 0.4) is 0 Å². The summed E-state index contributed by atoms with van der Waals surface area (Å²) in [7, 11) is 1.25. The van der Waals surface area contributed by atoms with Gasteiger partial charge in [-0.1, -0.05) is 56.2 Å². The molecular weight excluding hydrogens is 514 g/mol. The van der Waals surface area contributed by atoms with Gasteiger partial charge in [0.15, 0.2) is 0 Å². The number of ether oxygens (including phenoxy) is 1. The van der Waals surface area contributed by atoms with Crippen LogP contribution < -0.4 is 15.8 Å². The number of amides is 2. The van der Waals surface area contributed by atoms with Crippen molar-refractivity contribution >= 4 is 63.6 Å². The number of unbranched alkanes of at least 4 members (excludes halogenated alkanes) is 3. The summed E-state index contributed by atoms with van der Waals surface area (Å²) in [5.41, 5.74) is 0.141. The van der Waals surface area contributed by atoms with Crippen molar-refractivity contribution in [2.24, 2.45) is 0 Å². The first-order chi connectivity index (χ1) is 17.8. The van der Waals surface area contributed by atoms with E-state index >= 15 is 0 Å². The Hall–Kier alpha value is -3.25. The molecule has 2 aromatic heterocycles. The van der Waals surface area contributed by atoms with Gasteiger partial charge in [0, 0.05) is 25.8 Å². The van der Waals surface area contributed by atoms with E-state index in [1.165, 1.54) is 17.6 Å². The van der Waals surface area contributed by atoms with Crippen LogP contribution in [-0.2, 0) is 19.1 Å². The number of esters is 1. The summed E-state index contributed by atoms with van der Waals surface area (Å²) in [6.07, 6.45) is 6.92. The van der Waals surface area contributed by atoms with E-state index in [4.69, 9.17) is 21.9 Å². The maximum atomic E-state index is 13.7. The number of carbonyl (C=O) groups is 3. The average Bonchev–Trinajstić information content (AvgIpc) is 3.16. The molecule has 196 valence electrons. The molecular formula is C25H29N5O5S2. The van der Waals surface area contributed by atoms with Crippen molar-refractivity contribution in [2.45, 2.75) is 45.1 Å². The third-order valence-electron chi connectivity index (χ3n) is 6.32. The minimum absolute atomic E-state index is 0.153. The van der Waals surface area contributed by atoms with Crippen molar-refractivity contribution in [3.63, 3.8) is 0 Å². The van der Waals surface area contributed by atoms with Crippen molar-refractivity contribution in [3.8, 4) is 0 Å². The average molecular weight is 544 g/mol. The van der Waals surface area contributed by atoms with Gasteiger partial charge >= 0.3 is 5.97 Å². The second kappa shape index (κ2) is 11.9. The minimum atomic E-state index is -0.917. The topological polar surface area (TPSA) is 113 Å². The SMILES string of the molecule is CCCCCCN1C(=O)C(=Cc2c(N3CCNC(=O)C3CC(=O)OC)nc3ccccn3c2=O)SC1=S. The van der Waals surface area contributed by atoms with Crippen LogP contribution in [0, 0.1) is 0 Å². The smallest absolute Gasteiger partial charge is 0.308 e. The lowest BCUT2D eigenvalue weighted by Gasteiger charge is -2.36. The van der Waals surface area contributed by atoms with E-state index in [1.54, 1.807) is 34.2 Å². The second-order valence-corrected chi connectivity index (χ2v) is 10.4. The zero-order valence-corrected chi connectivity index (χ0v) is 22.4. The summed E-state index contributed by atoms with van der Waals surface area (Å²) in [5, 5.41) is 2.76. The predicted octanol–water partition coefficient (Wildman–Crippen LogP) is 2.34. The number of hydrogen-bond acceptors (Lipinski definition) is 9.